The first kappa shape index (κ1) is 33.1. The van der Waals surface area contributed by atoms with Crippen molar-refractivity contribution in [1.29, 1.82) is 0 Å². The van der Waals surface area contributed by atoms with Gasteiger partial charge in [-0.1, -0.05) is 0 Å². The second kappa shape index (κ2) is 14.0. The van der Waals surface area contributed by atoms with Crippen LogP contribution in [-0.4, -0.2) is 93.3 Å². The van der Waals surface area contributed by atoms with E-state index < -0.39 is 16.1 Å². The number of anilines is 4. The Balaban J connectivity index is 0.00000250. The Kier molecular flexibility index (Phi) is 10.0. The van der Waals surface area contributed by atoms with Crippen LogP contribution in [0.5, 0.6) is 5.88 Å². The third-order valence-corrected chi connectivity index (χ3v) is 9.56. The van der Waals surface area contributed by atoms with Gasteiger partial charge in [0.25, 0.3) is 0 Å². The largest absolute Gasteiger partial charge is 0.474 e. The molecule has 46 heavy (non-hydrogen) atoms. The molecule has 0 aromatic carbocycles. The summed E-state index contributed by atoms with van der Waals surface area (Å²) in [5.74, 6) is 1.97. The van der Waals surface area contributed by atoms with E-state index >= 15 is 0 Å². The van der Waals surface area contributed by atoms with Crippen LogP contribution in [0.3, 0.4) is 0 Å². The summed E-state index contributed by atoms with van der Waals surface area (Å²) in [6, 6.07) is 5.04. The lowest BCUT2D eigenvalue weighted by Crippen LogP contribution is -2.37. The Morgan fingerprint density at radius 2 is 1.80 bits per heavy atom. The van der Waals surface area contributed by atoms with Gasteiger partial charge in [-0.15, -0.1) is 0 Å². The van der Waals surface area contributed by atoms with E-state index in [-0.39, 0.29) is 25.0 Å². The highest BCUT2D eigenvalue weighted by atomic mass is 32.2. The molecule has 1 unspecified atom stereocenters. The number of pyridine rings is 2. The van der Waals surface area contributed by atoms with Crippen LogP contribution in [0.25, 0.3) is 10.9 Å². The normalized spacial score (nSPS) is 19.3. The topological polar surface area (TPSA) is 204 Å². The molecule has 6 rings (SSSR count). The van der Waals surface area contributed by atoms with Gasteiger partial charge in [0.1, 0.15) is 11.9 Å². The van der Waals surface area contributed by atoms with E-state index in [9.17, 15) is 13.6 Å². The quantitative estimate of drug-likeness (QED) is 0.210. The summed E-state index contributed by atoms with van der Waals surface area (Å²) in [5, 5.41) is 13.4. The maximum Gasteiger partial charge on any atom is 0.232 e. The van der Waals surface area contributed by atoms with Crippen LogP contribution >= 0.6 is 0 Å². The number of ether oxygens (including phenoxy) is 2. The molecule has 0 radical (unpaired) electrons. The highest BCUT2D eigenvalue weighted by Crippen LogP contribution is 2.36. The Morgan fingerprint density at radius 3 is 2.46 bits per heavy atom. The lowest BCUT2D eigenvalue weighted by molar-refractivity contribution is 0.122. The molecule has 16 nitrogen and oxygen atoms in total. The van der Waals surface area contributed by atoms with Crippen LogP contribution < -0.4 is 24.7 Å². The molecular weight excluding hydrogens is 616 g/mol. The summed E-state index contributed by atoms with van der Waals surface area (Å²) in [5.41, 5.74) is 3.61. The molecule has 4 aromatic heterocycles. The van der Waals surface area contributed by atoms with Gasteiger partial charge in [0.05, 0.1) is 60.2 Å². The fourth-order valence-electron chi connectivity index (χ4n) is 6.01. The number of hydrogen-bond donors (Lipinski definition) is 3. The third kappa shape index (κ3) is 7.06. The molecule has 2 fully saturated rings. The molecule has 0 spiro atoms. The standard InChI is InChI=1S/C29H38N10O5S.H2O.H2/c1-19(25-18-33-29(36-40)37(25)2)39(45(3,41)42)21-15-23-24(32-17-21)16-26(38-11-13-43-14-12-38)35-27(23)44-22-7-5-20(6-8-22)34-28-30-9-4-10-31-28;;/h4,9-10,15-20,22,40H,5-8,11-14H2,1-3H3,(H,33,36)(H,30,31,34);1H2;1H. The molecule has 0 amide bonds. The minimum absolute atomic E-state index is 0. The molecule has 5 N–H and O–H groups in total. The number of rotatable bonds is 10. The first-order valence-corrected chi connectivity index (χ1v) is 16.8. The molecular formula is C29H42N10O6S. The van der Waals surface area contributed by atoms with Crippen molar-refractivity contribution < 1.29 is 30.0 Å². The maximum absolute atomic E-state index is 13.2. The van der Waals surface area contributed by atoms with Gasteiger partial charge in [0, 0.05) is 46.1 Å². The molecule has 1 saturated heterocycles. The van der Waals surface area contributed by atoms with Crippen molar-refractivity contribution in [3.05, 3.63) is 48.7 Å². The first-order chi connectivity index (χ1) is 21.7. The summed E-state index contributed by atoms with van der Waals surface area (Å²) < 4.78 is 41.5. The first-order valence-electron chi connectivity index (χ1n) is 15.0. The van der Waals surface area contributed by atoms with E-state index in [1.807, 2.05) is 11.5 Å². The van der Waals surface area contributed by atoms with Crippen LogP contribution in [0.1, 0.15) is 45.8 Å². The Morgan fingerprint density at radius 1 is 1.09 bits per heavy atom. The summed E-state index contributed by atoms with van der Waals surface area (Å²) in [6.07, 6.45) is 10.9. The van der Waals surface area contributed by atoms with Gasteiger partial charge in [-0.25, -0.2) is 28.8 Å². The number of nitrogens with zero attached hydrogens (tertiary/aromatic N) is 8. The Hall–Kier alpha value is -4.32. The van der Waals surface area contributed by atoms with Gasteiger partial charge in [-0.3, -0.25) is 14.5 Å². The molecule has 2 aliphatic rings. The zero-order chi connectivity index (χ0) is 31.6. The predicted molar refractivity (Wildman–Crippen MR) is 175 cm³/mol. The van der Waals surface area contributed by atoms with Gasteiger partial charge in [0.15, 0.2) is 0 Å². The lowest BCUT2D eigenvalue weighted by atomic mass is 9.93. The van der Waals surface area contributed by atoms with Crippen LogP contribution in [0.15, 0.2) is 43.0 Å². The van der Waals surface area contributed by atoms with Crippen molar-refractivity contribution in [2.24, 2.45) is 7.05 Å². The van der Waals surface area contributed by atoms with Crippen molar-refractivity contribution in [3.8, 4) is 5.88 Å². The zero-order valence-electron chi connectivity index (χ0n) is 26.0. The SMILES string of the molecule is CC(c1cnc(NO)n1C)N(c1cnc2cc(N3CCOCC3)nc(OC3CCC(Nc4ncccn4)CC3)c2c1)S(C)(=O)=O.O.[HH]. The number of fused-ring (bicyclic) bond motifs is 1. The minimum Gasteiger partial charge on any atom is -0.474 e. The second-order valence-electron chi connectivity index (χ2n) is 11.4. The number of morpholine rings is 1. The van der Waals surface area contributed by atoms with E-state index in [4.69, 9.17) is 19.4 Å². The van der Waals surface area contributed by atoms with Crippen LogP contribution in [0, 0.1) is 0 Å². The van der Waals surface area contributed by atoms with Gasteiger partial charge in [-0.2, -0.15) is 4.98 Å². The van der Waals surface area contributed by atoms with Crippen molar-refractivity contribution in [2.75, 3.05) is 52.6 Å². The molecule has 1 atom stereocenters. The molecule has 1 aliphatic carbocycles. The van der Waals surface area contributed by atoms with E-state index in [2.05, 4.69) is 25.2 Å². The van der Waals surface area contributed by atoms with E-state index in [1.54, 1.807) is 49.3 Å². The molecule has 17 heteroatoms. The number of aromatic nitrogens is 6. The number of nitrogens with one attached hydrogen (secondary N) is 2. The van der Waals surface area contributed by atoms with Gasteiger partial charge < -0.3 is 29.7 Å². The van der Waals surface area contributed by atoms with Gasteiger partial charge in [0.2, 0.25) is 27.8 Å². The van der Waals surface area contributed by atoms with Gasteiger partial charge >= 0.3 is 0 Å². The highest BCUT2D eigenvalue weighted by molar-refractivity contribution is 7.92. The second-order valence-corrected chi connectivity index (χ2v) is 13.2. The summed E-state index contributed by atoms with van der Waals surface area (Å²) in [7, 11) is -2.09. The Bertz CT molecular complexity index is 1730. The average Bonchev–Trinajstić information content (AvgIpc) is 3.42. The predicted octanol–water partition coefficient (Wildman–Crippen LogP) is 2.54. The zero-order valence-corrected chi connectivity index (χ0v) is 26.8. The third-order valence-electron chi connectivity index (χ3n) is 8.32. The molecule has 5 heterocycles. The smallest absolute Gasteiger partial charge is 0.232 e. The van der Waals surface area contributed by atoms with Crippen LogP contribution in [0.2, 0.25) is 0 Å². The molecule has 4 aromatic rings. The van der Waals surface area contributed by atoms with Crippen molar-refractivity contribution >= 4 is 44.3 Å². The summed E-state index contributed by atoms with van der Waals surface area (Å²) in [4.78, 5) is 24.5. The van der Waals surface area contributed by atoms with Crippen LogP contribution in [-0.2, 0) is 21.8 Å². The summed E-state index contributed by atoms with van der Waals surface area (Å²) in [6.45, 7) is 4.36. The average molecular weight is 659 g/mol. The number of hydrogen-bond acceptors (Lipinski definition) is 13. The van der Waals surface area contributed by atoms with E-state index in [0.717, 1.165) is 37.8 Å². The molecule has 250 valence electrons. The van der Waals surface area contributed by atoms with Crippen molar-refractivity contribution in [1.82, 2.24) is 29.5 Å². The monoisotopic (exact) mass is 658 g/mol. The van der Waals surface area contributed by atoms with E-state index in [1.165, 1.54) is 10.5 Å². The van der Waals surface area contributed by atoms with Crippen molar-refractivity contribution in [3.63, 3.8) is 0 Å². The highest BCUT2D eigenvalue weighted by Gasteiger charge is 2.30. The van der Waals surface area contributed by atoms with Crippen molar-refractivity contribution in [2.45, 2.75) is 50.8 Å². The molecule has 1 aliphatic heterocycles. The van der Waals surface area contributed by atoms with E-state index in [0.29, 0.717) is 60.4 Å². The minimum atomic E-state index is -3.78. The molecule has 1 saturated carbocycles. The van der Waals surface area contributed by atoms with Crippen LogP contribution in [0.4, 0.5) is 23.4 Å². The fraction of sp³-hybridized carbons (Fsp3) is 0.483. The lowest BCUT2D eigenvalue weighted by Gasteiger charge is -2.31. The summed E-state index contributed by atoms with van der Waals surface area (Å²) >= 11 is 0. The van der Waals surface area contributed by atoms with Gasteiger partial charge in [-0.05, 0) is 44.7 Å². The fourth-order valence-corrected chi connectivity index (χ4v) is 7.18. The maximum atomic E-state index is 13.2. The molecule has 0 bridgehead atoms. The Labute approximate surface area is 268 Å². The number of imidazole rings is 1. The number of sulfonamides is 1.